The predicted octanol–water partition coefficient (Wildman–Crippen LogP) is 4.16. The largest absolute Gasteiger partial charge is 0.497 e. The van der Waals surface area contributed by atoms with Gasteiger partial charge in [0.1, 0.15) is 11.5 Å². The van der Waals surface area contributed by atoms with Crippen molar-refractivity contribution in [3.05, 3.63) is 58.1 Å². The Bertz CT molecular complexity index is 715. The van der Waals surface area contributed by atoms with Crippen molar-refractivity contribution in [2.24, 2.45) is 0 Å². The monoisotopic (exact) mass is 333 g/mol. The van der Waals surface area contributed by atoms with Crippen LogP contribution in [0.3, 0.4) is 0 Å². The van der Waals surface area contributed by atoms with Gasteiger partial charge < -0.3 is 14.8 Å². The number of hydrogen-bond acceptors (Lipinski definition) is 3. The highest BCUT2D eigenvalue weighted by atomic mass is 35.5. The molecular formula is C18H20ClNO3. The van der Waals surface area contributed by atoms with Crippen molar-refractivity contribution < 1.29 is 14.3 Å². The molecule has 2 rings (SSSR count). The fourth-order valence-electron chi connectivity index (χ4n) is 2.33. The lowest BCUT2D eigenvalue weighted by molar-refractivity contribution is 0.0939. The Hall–Kier alpha value is -2.20. The molecule has 1 N–H and O–H groups in total. The van der Waals surface area contributed by atoms with Crippen molar-refractivity contribution in [1.29, 1.82) is 0 Å². The molecule has 4 nitrogen and oxygen atoms in total. The van der Waals surface area contributed by atoms with Crippen molar-refractivity contribution in [1.82, 2.24) is 5.32 Å². The van der Waals surface area contributed by atoms with Gasteiger partial charge in [-0.1, -0.05) is 17.7 Å². The van der Waals surface area contributed by atoms with E-state index >= 15 is 0 Å². The zero-order valence-electron chi connectivity index (χ0n) is 13.6. The molecule has 0 aromatic heterocycles. The van der Waals surface area contributed by atoms with Crippen molar-refractivity contribution in [2.45, 2.75) is 19.9 Å². The molecular weight excluding hydrogens is 314 g/mol. The molecule has 0 heterocycles. The number of rotatable bonds is 5. The number of amides is 1. The summed E-state index contributed by atoms with van der Waals surface area (Å²) in [5.74, 6) is 1.16. The van der Waals surface area contributed by atoms with Crippen molar-refractivity contribution in [2.75, 3.05) is 14.2 Å². The van der Waals surface area contributed by atoms with Crippen LogP contribution in [-0.4, -0.2) is 20.1 Å². The van der Waals surface area contributed by atoms with Gasteiger partial charge in [-0.05, 0) is 49.7 Å². The summed E-state index contributed by atoms with van der Waals surface area (Å²) in [6, 6.07) is 10.6. The maximum absolute atomic E-state index is 12.4. The predicted molar refractivity (Wildman–Crippen MR) is 91.6 cm³/mol. The van der Waals surface area contributed by atoms with Gasteiger partial charge in [-0.25, -0.2) is 0 Å². The summed E-state index contributed by atoms with van der Waals surface area (Å²) in [7, 11) is 3.19. The van der Waals surface area contributed by atoms with E-state index in [0.29, 0.717) is 22.1 Å². The number of aryl methyl sites for hydroxylation is 1. The summed E-state index contributed by atoms with van der Waals surface area (Å²) >= 11 is 6.15. The topological polar surface area (TPSA) is 47.6 Å². The van der Waals surface area contributed by atoms with Crippen LogP contribution >= 0.6 is 11.6 Å². The van der Waals surface area contributed by atoms with E-state index in [1.165, 1.54) is 0 Å². The molecule has 122 valence electrons. The minimum absolute atomic E-state index is 0.229. The number of methoxy groups -OCH3 is 2. The second-order valence-electron chi connectivity index (χ2n) is 5.29. The first-order chi connectivity index (χ1) is 11.0. The van der Waals surface area contributed by atoms with Crippen LogP contribution in [-0.2, 0) is 0 Å². The third kappa shape index (κ3) is 3.96. The van der Waals surface area contributed by atoms with Gasteiger partial charge in [-0.3, -0.25) is 4.79 Å². The van der Waals surface area contributed by atoms with E-state index < -0.39 is 0 Å². The Labute approximate surface area is 141 Å². The Morgan fingerprint density at radius 3 is 2.48 bits per heavy atom. The molecule has 0 saturated carbocycles. The number of hydrogen-bond donors (Lipinski definition) is 1. The molecule has 0 spiro atoms. The summed E-state index contributed by atoms with van der Waals surface area (Å²) in [5, 5.41) is 3.38. The van der Waals surface area contributed by atoms with Crippen molar-refractivity contribution >= 4 is 17.5 Å². The standard InChI is InChI=1S/C18H20ClNO3/c1-11-5-7-14(16(19)9-11)18(21)20-12(2)15-10-13(22-3)6-8-17(15)23-4/h5-10,12H,1-4H3,(H,20,21)/t12-/m1/s1. The smallest absolute Gasteiger partial charge is 0.253 e. The molecule has 23 heavy (non-hydrogen) atoms. The van der Waals surface area contributed by atoms with E-state index in [1.807, 2.05) is 38.1 Å². The van der Waals surface area contributed by atoms with E-state index in [0.717, 1.165) is 11.1 Å². The summed E-state index contributed by atoms with van der Waals surface area (Å²) in [6.07, 6.45) is 0. The maximum atomic E-state index is 12.4. The Morgan fingerprint density at radius 2 is 1.87 bits per heavy atom. The number of carbonyl (C=O) groups excluding carboxylic acids is 1. The lowest BCUT2D eigenvalue weighted by Gasteiger charge is -2.18. The molecule has 0 bridgehead atoms. The van der Waals surface area contributed by atoms with Gasteiger partial charge in [0, 0.05) is 5.56 Å². The van der Waals surface area contributed by atoms with Crippen LogP contribution in [0.15, 0.2) is 36.4 Å². The zero-order valence-corrected chi connectivity index (χ0v) is 14.4. The normalized spacial score (nSPS) is 11.7. The average molecular weight is 334 g/mol. The second kappa shape index (κ2) is 7.38. The molecule has 0 saturated heterocycles. The number of benzene rings is 2. The van der Waals surface area contributed by atoms with E-state index in [9.17, 15) is 4.79 Å². The molecule has 0 aliphatic carbocycles. The van der Waals surface area contributed by atoms with E-state index in [2.05, 4.69) is 5.32 Å². The van der Waals surface area contributed by atoms with Crippen LogP contribution < -0.4 is 14.8 Å². The lowest BCUT2D eigenvalue weighted by atomic mass is 10.1. The fourth-order valence-corrected chi connectivity index (χ4v) is 2.66. The Kier molecular flexibility index (Phi) is 5.50. The zero-order chi connectivity index (χ0) is 17.0. The van der Waals surface area contributed by atoms with Crippen LogP contribution in [0.2, 0.25) is 5.02 Å². The number of ether oxygens (including phenoxy) is 2. The highest BCUT2D eigenvalue weighted by molar-refractivity contribution is 6.33. The van der Waals surface area contributed by atoms with Crippen molar-refractivity contribution in [3.63, 3.8) is 0 Å². The summed E-state index contributed by atoms with van der Waals surface area (Å²) in [5.41, 5.74) is 2.29. The van der Waals surface area contributed by atoms with Crippen LogP contribution in [0.5, 0.6) is 11.5 Å². The molecule has 0 aliphatic heterocycles. The summed E-state index contributed by atoms with van der Waals surface area (Å²) in [6.45, 7) is 3.81. The number of nitrogens with one attached hydrogen (secondary N) is 1. The van der Waals surface area contributed by atoms with Gasteiger partial charge in [0.15, 0.2) is 0 Å². The summed E-state index contributed by atoms with van der Waals surface area (Å²) < 4.78 is 10.6. The highest BCUT2D eigenvalue weighted by Crippen LogP contribution is 2.29. The van der Waals surface area contributed by atoms with Crippen LogP contribution in [0, 0.1) is 6.92 Å². The molecule has 1 atom stereocenters. The van der Waals surface area contributed by atoms with Gasteiger partial charge >= 0.3 is 0 Å². The van der Waals surface area contributed by atoms with E-state index in [-0.39, 0.29) is 11.9 Å². The SMILES string of the molecule is COc1ccc(OC)c([C@@H](C)NC(=O)c2ccc(C)cc2Cl)c1. The third-order valence-corrected chi connectivity index (χ3v) is 3.93. The first-order valence-corrected chi connectivity index (χ1v) is 7.63. The van der Waals surface area contributed by atoms with Gasteiger partial charge in [0.05, 0.1) is 30.8 Å². The Morgan fingerprint density at radius 1 is 1.13 bits per heavy atom. The van der Waals surface area contributed by atoms with Crippen molar-refractivity contribution in [3.8, 4) is 11.5 Å². The first-order valence-electron chi connectivity index (χ1n) is 7.25. The first kappa shape index (κ1) is 17.2. The molecule has 2 aromatic carbocycles. The molecule has 0 radical (unpaired) electrons. The molecule has 0 fully saturated rings. The lowest BCUT2D eigenvalue weighted by Crippen LogP contribution is -2.27. The fraction of sp³-hybridized carbons (Fsp3) is 0.278. The van der Waals surface area contributed by atoms with Gasteiger partial charge in [0.2, 0.25) is 0 Å². The molecule has 0 aliphatic rings. The number of carbonyl (C=O) groups is 1. The van der Waals surface area contributed by atoms with E-state index in [4.69, 9.17) is 21.1 Å². The minimum atomic E-state index is -0.259. The van der Waals surface area contributed by atoms with Gasteiger partial charge in [-0.15, -0.1) is 0 Å². The number of halogens is 1. The average Bonchev–Trinajstić information content (AvgIpc) is 2.53. The molecule has 5 heteroatoms. The molecule has 0 unspecified atom stereocenters. The van der Waals surface area contributed by atoms with Crippen LogP contribution in [0.1, 0.15) is 34.5 Å². The summed E-state index contributed by atoms with van der Waals surface area (Å²) in [4.78, 5) is 12.4. The maximum Gasteiger partial charge on any atom is 0.253 e. The van der Waals surface area contributed by atoms with Gasteiger partial charge in [-0.2, -0.15) is 0 Å². The molecule has 1 amide bonds. The van der Waals surface area contributed by atoms with Gasteiger partial charge in [0.25, 0.3) is 5.91 Å². The quantitative estimate of drug-likeness (QED) is 0.893. The van der Waals surface area contributed by atoms with E-state index in [1.54, 1.807) is 26.4 Å². The van der Waals surface area contributed by atoms with Crippen LogP contribution in [0.4, 0.5) is 0 Å². The minimum Gasteiger partial charge on any atom is -0.497 e. The second-order valence-corrected chi connectivity index (χ2v) is 5.69. The Balaban J connectivity index is 2.24. The van der Waals surface area contributed by atoms with Crippen LogP contribution in [0.25, 0.3) is 0 Å². The highest BCUT2D eigenvalue weighted by Gasteiger charge is 2.17. The third-order valence-electron chi connectivity index (χ3n) is 3.62. The molecule has 2 aromatic rings.